The van der Waals surface area contributed by atoms with Gasteiger partial charge in [0.2, 0.25) is 0 Å². The van der Waals surface area contributed by atoms with Gasteiger partial charge in [0.05, 0.1) is 5.69 Å². The molecular formula is C25H23NO. The van der Waals surface area contributed by atoms with Gasteiger partial charge in [-0.3, -0.25) is 4.79 Å². The highest BCUT2D eigenvalue weighted by atomic mass is 16.1. The minimum Gasteiger partial charge on any atom is -0.313 e. The molecule has 0 N–H and O–H groups in total. The fourth-order valence-corrected chi connectivity index (χ4v) is 3.58. The molecule has 0 saturated carbocycles. The van der Waals surface area contributed by atoms with Gasteiger partial charge >= 0.3 is 0 Å². The number of pyridine rings is 1. The Morgan fingerprint density at radius 3 is 2.15 bits per heavy atom. The van der Waals surface area contributed by atoms with E-state index < -0.39 is 0 Å². The number of hydrogen-bond acceptors (Lipinski definition) is 1. The molecule has 0 aliphatic heterocycles. The molecule has 0 unspecified atom stereocenters. The van der Waals surface area contributed by atoms with Gasteiger partial charge < -0.3 is 4.40 Å². The van der Waals surface area contributed by atoms with E-state index in [-0.39, 0.29) is 0 Å². The fraction of sp³-hybridized carbons (Fsp3) is 0.160. The van der Waals surface area contributed by atoms with Crippen molar-refractivity contribution in [2.24, 2.45) is 0 Å². The van der Waals surface area contributed by atoms with Gasteiger partial charge in [0.1, 0.15) is 0 Å². The van der Waals surface area contributed by atoms with E-state index in [1.165, 1.54) is 16.7 Å². The average molecular weight is 353 g/mol. The molecule has 0 aliphatic carbocycles. The maximum atomic E-state index is 11.8. The van der Waals surface area contributed by atoms with Crippen molar-refractivity contribution in [3.63, 3.8) is 0 Å². The van der Waals surface area contributed by atoms with Crippen LogP contribution >= 0.6 is 0 Å². The van der Waals surface area contributed by atoms with Crippen LogP contribution in [0.15, 0.2) is 79.0 Å². The molecule has 0 radical (unpaired) electrons. The van der Waals surface area contributed by atoms with Crippen molar-refractivity contribution in [3.05, 3.63) is 101 Å². The molecular weight excluding hydrogens is 330 g/mol. The van der Waals surface area contributed by atoms with Crippen LogP contribution in [0.25, 0.3) is 16.6 Å². The van der Waals surface area contributed by atoms with E-state index in [0.717, 1.165) is 47.9 Å². The van der Waals surface area contributed by atoms with Crippen molar-refractivity contribution in [2.45, 2.75) is 26.2 Å². The molecule has 0 spiro atoms. The first-order chi connectivity index (χ1) is 13.3. The lowest BCUT2D eigenvalue weighted by atomic mass is 10.0. The summed E-state index contributed by atoms with van der Waals surface area (Å²) in [5.74, 6) is 0. The van der Waals surface area contributed by atoms with Crippen LogP contribution in [-0.4, -0.2) is 10.7 Å². The van der Waals surface area contributed by atoms with Gasteiger partial charge in [0.25, 0.3) is 0 Å². The highest BCUT2D eigenvalue weighted by molar-refractivity contribution is 5.89. The highest BCUT2D eigenvalue weighted by Gasteiger charge is 2.12. The van der Waals surface area contributed by atoms with Gasteiger partial charge in [0, 0.05) is 17.3 Å². The second-order valence-corrected chi connectivity index (χ2v) is 6.93. The topological polar surface area (TPSA) is 21.5 Å². The molecule has 4 rings (SSSR count). The van der Waals surface area contributed by atoms with E-state index in [1.807, 2.05) is 10.5 Å². The molecule has 27 heavy (non-hydrogen) atoms. The number of carbonyl (C=O) groups is 1. The lowest BCUT2D eigenvalue weighted by Crippen LogP contribution is -1.95. The van der Waals surface area contributed by atoms with Crippen molar-refractivity contribution in [1.82, 2.24) is 4.40 Å². The van der Waals surface area contributed by atoms with Gasteiger partial charge in [-0.2, -0.15) is 0 Å². The maximum Gasteiger partial charge on any atom is 0.167 e. The summed E-state index contributed by atoms with van der Waals surface area (Å²) in [6, 6.07) is 25.5. The van der Waals surface area contributed by atoms with Gasteiger partial charge in [-0.1, -0.05) is 67.6 Å². The van der Waals surface area contributed by atoms with Crippen LogP contribution in [0, 0.1) is 0 Å². The number of rotatable bonds is 6. The maximum absolute atomic E-state index is 11.8. The first kappa shape index (κ1) is 17.3. The average Bonchev–Trinajstić information content (AvgIpc) is 3.11. The SMILES string of the molecule is CCc1ccc2cc(-c3ccc(CCc4ccccc4)cc3)c(C=O)n2c1. The van der Waals surface area contributed by atoms with Crippen molar-refractivity contribution < 1.29 is 4.79 Å². The molecule has 0 atom stereocenters. The molecule has 2 aromatic heterocycles. The van der Waals surface area contributed by atoms with E-state index in [4.69, 9.17) is 0 Å². The summed E-state index contributed by atoms with van der Waals surface area (Å²) >= 11 is 0. The number of aromatic nitrogens is 1. The minimum absolute atomic E-state index is 0.720. The minimum atomic E-state index is 0.720. The molecule has 2 aromatic carbocycles. The van der Waals surface area contributed by atoms with Crippen LogP contribution in [0.3, 0.4) is 0 Å². The Hall–Kier alpha value is -3.13. The predicted octanol–water partition coefficient (Wildman–Crippen LogP) is 5.77. The number of aryl methyl sites for hydroxylation is 3. The van der Waals surface area contributed by atoms with Crippen molar-refractivity contribution in [3.8, 4) is 11.1 Å². The standard InChI is InChI=1S/C25H23NO/c1-2-19-12-15-23-16-24(25(18-27)26(23)17-19)22-13-10-21(11-14-22)9-8-20-6-4-3-5-7-20/h3-7,10-18H,2,8-9H2,1H3. The van der Waals surface area contributed by atoms with E-state index in [9.17, 15) is 4.79 Å². The predicted molar refractivity (Wildman–Crippen MR) is 111 cm³/mol. The Kier molecular flexibility index (Phi) is 4.88. The lowest BCUT2D eigenvalue weighted by Gasteiger charge is -2.05. The molecule has 2 nitrogen and oxygen atoms in total. The summed E-state index contributed by atoms with van der Waals surface area (Å²) in [5, 5.41) is 0. The van der Waals surface area contributed by atoms with Crippen LogP contribution in [0.5, 0.6) is 0 Å². The normalized spacial score (nSPS) is 11.0. The van der Waals surface area contributed by atoms with Crippen LogP contribution in [-0.2, 0) is 19.3 Å². The zero-order valence-corrected chi connectivity index (χ0v) is 15.6. The van der Waals surface area contributed by atoms with Crippen molar-refractivity contribution in [1.29, 1.82) is 0 Å². The Morgan fingerprint density at radius 2 is 1.48 bits per heavy atom. The van der Waals surface area contributed by atoms with Gasteiger partial charge in [-0.15, -0.1) is 0 Å². The van der Waals surface area contributed by atoms with Crippen LogP contribution in [0.2, 0.25) is 0 Å². The summed E-state index contributed by atoms with van der Waals surface area (Å²) in [4.78, 5) is 11.8. The number of benzene rings is 2. The highest BCUT2D eigenvalue weighted by Crippen LogP contribution is 2.28. The third-order valence-corrected chi connectivity index (χ3v) is 5.20. The first-order valence-electron chi connectivity index (χ1n) is 9.51. The van der Waals surface area contributed by atoms with Gasteiger partial charge in [-0.25, -0.2) is 0 Å². The largest absolute Gasteiger partial charge is 0.313 e. The third-order valence-electron chi connectivity index (χ3n) is 5.20. The summed E-state index contributed by atoms with van der Waals surface area (Å²) in [6.45, 7) is 2.13. The molecule has 134 valence electrons. The molecule has 2 heterocycles. The quantitative estimate of drug-likeness (QED) is 0.403. The lowest BCUT2D eigenvalue weighted by molar-refractivity contribution is 0.111. The Balaban J connectivity index is 1.61. The summed E-state index contributed by atoms with van der Waals surface area (Å²) in [5.41, 5.74) is 7.75. The fourth-order valence-electron chi connectivity index (χ4n) is 3.58. The smallest absolute Gasteiger partial charge is 0.167 e. The van der Waals surface area contributed by atoms with E-state index in [1.54, 1.807) is 0 Å². The molecule has 0 fully saturated rings. The molecule has 0 saturated heterocycles. The van der Waals surface area contributed by atoms with Gasteiger partial charge in [0.15, 0.2) is 6.29 Å². The van der Waals surface area contributed by atoms with E-state index >= 15 is 0 Å². The van der Waals surface area contributed by atoms with Crippen LogP contribution < -0.4 is 0 Å². The number of fused-ring (bicyclic) bond motifs is 1. The molecule has 0 bridgehead atoms. The molecule has 2 heteroatoms. The Labute approximate surface area is 160 Å². The second-order valence-electron chi connectivity index (χ2n) is 6.93. The second kappa shape index (κ2) is 7.63. The summed E-state index contributed by atoms with van der Waals surface area (Å²) in [7, 11) is 0. The zero-order valence-electron chi connectivity index (χ0n) is 15.6. The van der Waals surface area contributed by atoms with E-state index in [2.05, 4.69) is 79.9 Å². The number of aldehydes is 1. The number of nitrogens with zero attached hydrogens (tertiary/aromatic N) is 1. The van der Waals surface area contributed by atoms with Crippen molar-refractivity contribution >= 4 is 11.8 Å². The Morgan fingerprint density at radius 1 is 0.815 bits per heavy atom. The molecule has 0 amide bonds. The van der Waals surface area contributed by atoms with E-state index in [0.29, 0.717) is 0 Å². The van der Waals surface area contributed by atoms with Gasteiger partial charge in [-0.05, 0) is 53.6 Å². The zero-order chi connectivity index (χ0) is 18.6. The summed E-state index contributed by atoms with van der Waals surface area (Å²) < 4.78 is 2.00. The molecule has 0 aliphatic rings. The monoisotopic (exact) mass is 353 g/mol. The number of hydrogen-bond donors (Lipinski definition) is 0. The third kappa shape index (κ3) is 3.56. The summed E-state index contributed by atoms with van der Waals surface area (Å²) in [6.07, 6.45) is 6.04. The van der Waals surface area contributed by atoms with Crippen LogP contribution in [0.4, 0.5) is 0 Å². The number of carbonyl (C=O) groups excluding carboxylic acids is 1. The van der Waals surface area contributed by atoms with Crippen LogP contribution in [0.1, 0.15) is 34.1 Å². The first-order valence-corrected chi connectivity index (χ1v) is 9.51. The molecule has 4 aromatic rings. The van der Waals surface area contributed by atoms with Crippen molar-refractivity contribution in [2.75, 3.05) is 0 Å². The Bertz CT molecular complexity index is 1060.